The van der Waals surface area contributed by atoms with Gasteiger partial charge in [0.1, 0.15) is 0 Å². The molecule has 160 valence electrons. The largest absolute Gasteiger partial charge is 0.493 e. The van der Waals surface area contributed by atoms with Gasteiger partial charge in [0, 0.05) is 6.04 Å². The second kappa shape index (κ2) is 10.9. The van der Waals surface area contributed by atoms with Gasteiger partial charge in [0.25, 0.3) is 5.91 Å². The normalized spacial score (nSPS) is 14.8. The average molecular weight is 427 g/mol. The number of nitrogens with one attached hydrogen (secondary N) is 2. The van der Waals surface area contributed by atoms with Crippen molar-refractivity contribution in [3.8, 4) is 11.5 Å². The Balaban J connectivity index is 1.96. The van der Waals surface area contributed by atoms with E-state index >= 15 is 0 Å². The lowest BCUT2D eigenvalue weighted by molar-refractivity contribution is -0.127. The Hall–Kier alpha value is -2.48. The van der Waals surface area contributed by atoms with Gasteiger partial charge in [-0.25, -0.2) is 9.59 Å². The van der Waals surface area contributed by atoms with E-state index in [2.05, 4.69) is 10.6 Å². The number of urea groups is 1. The van der Waals surface area contributed by atoms with Crippen LogP contribution >= 0.6 is 11.6 Å². The molecule has 1 aromatic carbocycles. The Morgan fingerprint density at radius 3 is 2.55 bits per heavy atom. The third-order valence-electron chi connectivity index (χ3n) is 4.50. The molecular formula is C20H27ClN2O6. The predicted octanol–water partition coefficient (Wildman–Crippen LogP) is 3.45. The molecule has 0 unspecified atom stereocenters. The molecule has 1 saturated carbocycles. The summed E-state index contributed by atoms with van der Waals surface area (Å²) < 4.78 is 15.9. The van der Waals surface area contributed by atoms with Gasteiger partial charge >= 0.3 is 12.0 Å². The molecule has 0 saturated heterocycles. The van der Waals surface area contributed by atoms with Crippen LogP contribution in [-0.2, 0) is 9.53 Å². The van der Waals surface area contributed by atoms with Crippen LogP contribution in [0.4, 0.5) is 4.79 Å². The lowest BCUT2D eigenvalue weighted by atomic mass is 10.2. The topological polar surface area (TPSA) is 103 Å². The molecule has 0 bridgehead atoms. The van der Waals surface area contributed by atoms with E-state index in [0.29, 0.717) is 12.4 Å². The summed E-state index contributed by atoms with van der Waals surface area (Å²) in [4.78, 5) is 36.4. The number of hydrogen-bond donors (Lipinski definition) is 2. The molecule has 0 heterocycles. The number of imide groups is 1. The molecule has 1 atom stereocenters. The molecule has 1 aliphatic carbocycles. The number of carbonyl (C=O) groups excluding carboxylic acids is 3. The van der Waals surface area contributed by atoms with Gasteiger partial charge in [0.15, 0.2) is 17.6 Å². The van der Waals surface area contributed by atoms with Crippen molar-refractivity contribution >= 4 is 29.5 Å². The van der Waals surface area contributed by atoms with Crippen LogP contribution in [0.25, 0.3) is 0 Å². The molecule has 1 fully saturated rings. The Bertz CT molecular complexity index is 749. The van der Waals surface area contributed by atoms with E-state index in [1.54, 1.807) is 0 Å². The first-order valence-corrected chi connectivity index (χ1v) is 10.1. The molecule has 0 aliphatic heterocycles. The average Bonchev–Trinajstić information content (AvgIpc) is 3.18. The number of methoxy groups -OCH3 is 1. The number of esters is 1. The SMILES string of the molecule is CCCOc1c(Cl)cc(C(=O)O[C@@H](C)C(=O)NC(=O)NC2CCCC2)cc1OC. The van der Waals surface area contributed by atoms with Crippen LogP contribution in [0.5, 0.6) is 11.5 Å². The Labute approximate surface area is 175 Å². The third kappa shape index (κ3) is 6.52. The Kier molecular flexibility index (Phi) is 8.57. The first-order chi connectivity index (χ1) is 13.8. The molecule has 0 spiro atoms. The number of rotatable bonds is 8. The Morgan fingerprint density at radius 2 is 1.93 bits per heavy atom. The maximum atomic E-state index is 12.4. The highest BCUT2D eigenvalue weighted by Gasteiger charge is 2.24. The number of ether oxygens (including phenoxy) is 3. The maximum absolute atomic E-state index is 12.4. The van der Waals surface area contributed by atoms with Gasteiger partial charge in [0.2, 0.25) is 0 Å². The summed E-state index contributed by atoms with van der Waals surface area (Å²) in [6.07, 6.45) is 3.52. The van der Waals surface area contributed by atoms with Gasteiger partial charge in [-0.2, -0.15) is 0 Å². The second-order valence-electron chi connectivity index (χ2n) is 6.83. The van der Waals surface area contributed by atoms with Crippen LogP contribution in [0, 0.1) is 0 Å². The highest BCUT2D eigenvalue weighted by atomic mass is 35.5. The Morgan fingerprint density at radius 1 is 1.24 bits per heavy atom. The standard InChI is InChI=1S/C20H27ClN2O6/c1-4-9-28-17-15(21)10-13(11-16(17)27-3)19(25)29-12(2)18(24)23-20(26)22-14-7-5-6-8-14/h10-12,14H,4-9H2,1-3H3,(H2,22,23,24,26)/t12-/m0/s1. The number of halogens is 1. The molecule has 0 radical (unpaired) electrons. The van der Waals surface area contributed by atoms with E-state index in [-0.39, 0.29) is 22.4 Å². The molecule has 29 heavy (non-hydrogen) atoms. The van der Waals surface area contributed by atoms with Crippen LogP contribution in [0.3, 0.4) is 0 Å². The van der Waals surface area contributed by atoms with Crippen molar-refractivity contribution in [3.05, 3.63) is 22.7 Å². The van der Waals surface area contributed by atoms with Crippen LogP contribution in [0.1, 0.15) is 56.3 Å². The van der Waals surface area contributed by atoms with Crippen molar-refractivity contribution in [3.63, 3.8) is 0 Å². The first-order valence-electron chi connectivity index (χ1n) is 9.68. The highest BCUT2D eigenvalue weighted by Crippen LogP contribution is 2.36. The number of benzene rings is 1. The van der Waals surface area contributed by atoms with E-state index in [1.807, 2.05) is 6.92 Å². The molecule has 2 rings (SSSR count). The monoisotopic (exact) mass is 426 g/mol. The molecule has 0 aromatic heterocycles. The molecule has 2 N–H and O–H groups in total. The summed E-state index contributed by atoms with van der Waals surface area (Å²) in [6, 6.07) is 2.29. The number of amides is 3. The van der Waals surface area contributed by atoms with Crippen LogP contribution < -0.4 is 20.1 Å². The smallest absolute Gasteiger partial charge is 0.339 e. The summed E-state index contributed by atoms with van der Waals surface area (Å²) in [5.41, 5.74) is 0.103. The van der Waals surface area contributed by atoms with Crippen LogP contribution in [0.2, 0.25) is 5.02 Å². The van der Waals surface area contributed by atoms with Gasteiger partial charge in [-0.3, -0.25) is 10.1 Å². The van der Waals surface area contributed by atoms with Gasteiger partial charge < -0.3 is 19.5 Å². The first kappa shape index (κ1) is 22.8. The van der Waals surface area contributed by atoms with Crippen LogP contribution in [0.15, 0.2) is 12.1 Å². The fourth-order valence-electron chi connectivity index (χ4n) is 2.97. The zero-order valence-corrected chi connectivity index (χ0v) is 17.6. The highest BCUT2D eigenvalue weighted by molar-refractivity contribution is 6.32. The molecule has 1 aliphatic rings. The molecule has 1 aromatic rings. The second-order valence-corrected chi connectivity index (χ2v) is 7.24. The fourth-order valence-corrected chi connectivity index (χ4v) is 3.23. The predicted molar refractivity (Wildman–Crippen MR) is 108 cm³/mol. The van der Waals surface area contributed by atoms with Crippen molar-refractivity contribution < 1.29 is 28.6 Å². The van der Waals surface area contributed by atoms with Crippen molar-refractivity contribution in [2.75, 3.05) is 13.7 Å². The van der Waals surface area contributed by atoms with E-state index in [9.17, 15) is 14.4 Å². The van der Waals surface area contributed by atoms with Gasteiger partial charge in [-0.05, 0) is 38.3 Å². The fraction of sp³-hybridized carbons (Fsp3) is 0.550. The summed E-state index contributed by atoms with van der Waals surface area (Å²) in [5.74, 6) is -0.867. The zero-order chi connectivity index (χ0) is 21.4. The molecule has 3 amide bonds. The quantitative estimate of drug-likeness (QED) is 0.617. The van der Waals surface area contributed by atoms with Crippen LogP contribution in [-0.4, -0.2) is 43.8 Å². The lowest BCUT2D eigenvalue weighted by Crippen LogP contribution is -2.47. The molecule has 8 nitrogen and oxygen atoms in total. The van der Waals surface area contributed by atoms with Gasteiger partial charge in [-0.15, -0.1) is 0 Å². The van der Waals surface area contributed by atoms with Gasteiger partial charge in [-0.1, -0.05) is 31.4 Å². The number of carbonyl (C=O) groups is 3. The summed E-state index contributed by atoms with van der Waals surface area (Å²) in [6.45, 7) is 3.78. The van der Waals surface area contributed by atoms with Crippen molar-refractivity contribution in [1.29, 1.82) is 0 Å². The van der Waals surface area contributed by atoms with Gasteiger partial charge in [0.05, 0.1) is 24.3 Å². The summed E-state index contributed by atoms with van der Waals surface area (Å²) in [5, 5.41) is 5.12. The number of hydrogen-bond acceptors (Lipinski definition) is 6. The van der Waals surface area contributed by atoms with Crippen molar-refractivity contribution in [2.45, 2.75) is 58.1 Å². The van der Waals surface area contributed by atoms with Crippen molar-refractivity contribution in [2.24, 2.45) is 0 Å². The molecular weight excluding hydrogens is 400 g/mol. The van der Waals surface area contributed by atoms with Crippen molar-refractivity contribution in [1.82, 2.24) is 10.6 Å². The third-order valence-corrected chi connectivity index (χ3v) is 4.78. The summed E-state index contributed by atoms with van der Waals surface area (Å²) in [7, 11) is 1.43. The minimum atomic E-state index is -1.17. The van der Waals surface area contributed by atoms with E-state index in [0.717, 1.165) is 32.1 Å². The van der Waals surface area contributed by atoms with E-state index in [1.165, 1.54) is 26.2 Å². The summed E-state index contributed by atoms with van der Waals surface area (Å²) >= 11 is 6.20. The van der Waals surface area contributed by atoms with E-state index < -0.39 is 24.0 Å². The minimum absolute atomic E-state index is 0.0729. The zero-order valence-electron chi connectivity index (χ0n) is 16.9. The molecule has 9 heteroatoms. The minimum Gasteiger partial charge on any atom is -0.493 e. The maximum Gasteiger partial charge on any atom is 0.339 e. The van der Waals surface area contributed by atoms with E-state index in [4.69, 9.17) is 25.8 Å². The lowest BCUT2D eigenvalue weighted by Gasteiger charge is -2.16.